The van der Waals surface area contributed by atoms with Gasteiger partial charge in [-0.05, 0) is 17.9 Å². The quantitative estimate of drug-likeness (QED) is 0.754. The Labute approximate surface area is 175 Å². The number of hydrogen-bond acceptors (Lipinski definition) is 5. The van der Waals surface area contributed by atoms with Crippen molar-refractivity contribution in [2.24, 2.45) is 15.8 Å². The molecule has 0 radical (unpaired) electrons. The van der Waals surface area contributed by atoms with Gasteiger partial charge in [-0.2, -0.15) is 0 Å². The zero-order valence-electron chi connectivity index (χ0n) is 19.0. The van der Waals surface area contributed by atoms with E-state index in [2.05, 4.69) is 58.1 Å². The number of fused-ring (bicyclic) bond motifs is 1. The normalized spacial score (nSPS) is 26.4. The third kappa shape index (κ3) is 4.24. The number of rotatable bonds is 3. The van der Waals surface area contributed by atoms with Crippen LogP contribution in [0.4, 0.5) is 0 Å². The van der Waals surface area contributed by atoms with Gasteiger partial charge in [0, 0.05) is 50.1 Å². The Kier molecular flexibility index (Phi) is 5.44. The van der Waals surface area contributed by atoms with E-state index in [4.69, 9.17) is 4.99 Å². The second kappa shape index (κ2) is 7.08. The van der Waals surface area contributed by atoms with Crippen LogP contribution >= 0.6 is 0 Å². The fourth-order valence-electron chi connectivity index (χ4n) is 4.72. The van der Waals surface area contributed by atoms with Crippen LogP contribution in [0.2, 0.25) is 0 Å². The highest BCUT2D eigenvalue weighted by molar-refractivity contribution is 7.90. The summed E-state index contributed by atoms with van der Waals surface area (Å²) in [6, 6.07) is -0.0989. The molecule has 2 fully saturated rings. The predicted octanol–water partition coefficient (Wildman–Crippen LogP) is 2.36. The largest absolute Gasteiger partial charge is 0.340 e. The van der Waals surface area contributed by atoms with Crippen molar-refractivity contribution in [1.29, 1.82) is 0 Å². The summed E-state index contributed by atoms with van der Waals surface area (Å²) < 4.78 is 28.6. The number of amides is 1. The van der Waals surface area contributed by atoms with Gasteiger partial charge >= 0.3 is 0 Å². The summed E-state index contributed by atoms with van der Waals surface area (Å²) in [5, 5.41) is -0.519. The van der Waals surface area contributed by atoms with E-state index in [-0.39, 0.29) is 41.9 Å². The van der Waals surface area contributed by atoms with Crippen molar-refractivity contribution in [2.75, 3.05) is 19.6 Å². The van der Waals surface area contributed by atoms with E-state index in [1.54, 1.807) is 4.90 Å². The standard InChI is InChI=1S/C21H36N4O3S/c1-13-18(20(3,4)5)17-9-15(10-25(17)19(22-13)21(6,7)8)23-29(27,28)16-11-24(12-16)14(2)26/h13,15-16,23H,9-12H2,1-8H3/t13-,15?/m0/s1. The number of nitrogens with one attached hydrogen (secondary N) is 1. The molecule has 0 saturated carbocycles. The fourth-order valence-corrected chi connectivity index (χ4v) is 6.29. The summed E-state index contributed by atoms with van der Waals surface area (Å²) >= 11 is 0. The molecule has 3 rings (SSSR count). The fraction of sp³-hybridized carbons (Fsp3) is 0.810. The number of nitrogens with zero attached hydrogens (tertiary/aromatic N) is 3. The summed E-state index contributed by atoms with van der Waals surface area (Å²) in [6.45, 7) is 17.8. The summed E-state index contributed by atoms with van der Waals surface area (Å²) in [5.41, 5.74) is 2.35. The summed E-state index contributed by atoms with van der Waals surface area (Å²) in [5.74, 6) is 0.954. The van der Waals surface area contributed by atoms with Crippen LogP contribution in [-0.2, 0) is 14.8 Å². The van der Waals surface area contributed by atoms with Crippen molar-refractivity contribution in [1.82, 2.24) is 14.5 Å². The number of hydrogen-bond donors (Lipinski definition) is 1. The Morgan fingerprint density at radius 3 is 2.14 bits per heavy atom. The van der Waals surface area contributed by atoms with Gasteiger partial charge in [0.25, 0.3) is 0 Å². The van der Waals surface area contributed by atoms with E-state index in [9.17, 15) is 13.2 Å². The van der Waals surface area contributed by atoms with Crippen LogP contribution in [0.15, 0.2) is 16.3 Å². The average Bonchev–Trinajstić information content (AvgIpc) is 2.82. The molecule has 8 heteroatoms. The minimum Gasteiger partial charge on any atom is -0.340 e. The predicted molar refractivity (Wildman–Crippen MR) is 116 cm³/mol. The number of likely N-dealkylation sites (tertiary alicyclic amines) is 1. The minimum absolute atomic E-state index is 0.0381. The molecule has 29 heavy (non-hydrogen) atoms. The SMILES string of the molecule is CC(=O)N1CC(S(=O)(=O)NC2CC3=C(C(C)(C)C)[C@H](C)N=C(C(C)(C)C)N3C2)C1. The lowest BCUT2D eigenvalue weighted by Crippen LogP contribution is -2.60. The Morgan fingerprint density at radius 1 is 1.07 bits per heavy atom. The van der Waals surface area contributed by atoms with Crippen LogP contribution in [0.1, 0.15) is 61.8 Å². The molecule has 7 nitrogen and oxygen atoms in total. The molecule has 0 aliphatic carbocycles. The first-order valence-corrected chi connectivity index (χ1v) is 12.0. The van der Waals surface area contributed by atoms with Crippen LogP contribution in [0.5, 0.6) is 0 Å². The first kappa shape index (κ1) is 22.3. The molecule has 1 unspecified atom stereocenters. The maximum absolute atomic E-state index is 12.8. The van der Waals surface area contributed by atoms with Crippen molar-refractivity contribution >= 4 is 21.8 Å². The molecule has 3 aliphatic rings. The van der Waals surface area contributed by atoms with Gasteiger partial charge in [0.15, 0.2) is 0 Å². The number of aliphatic imine (C=N–C) groups is 1. The third-order valence-electron chi connectivity index (χ3n) is 6.01. The van der Waals surface area contributed by atoms with Gasteiger partial charge in [0.1, 0.15) is 11.1 Å². The van der Waals surface area contributed by atoms with Gasteiger partial charge in [-0.25, -0.2) is 13.1 Å². The monoisotopic (exact) mass is 424 g/mol. The van der Waals surface area contributed by atoms with E-state index in [0.717, 1.165) is 5.84 Å². The minimum atomic E-state index is -3.47. The van der Waals surface area contributed by atoms with E-state index in [0.29, 0.717) is 13.0 Å². The molecule has 2 saturated heterocycles. The van der Waals surface area contributed by atoms with Crippen LogP contribution in [-0.4, -0.2) is 66.9 Å². The Morgan fingerprint density at radius 2 is 1.66 bits per heavy atom. The van der Waals surface area contributed by atoms with E-state index in [1.165, 1.54) is 18.2 Å². The first-order chi connectivity index (χ1) is 13.1. The van der Waals surface area contributed by atoms with Gasteiger partial charge in [-0.1, -0.05) is 41.5 Å². The molecular weight excluding hydrogens is 388 g/mol. The van der Waals surface area contributed by atoms with Gasteiger partial charge in [-0.3, -0.25) is 9.79 Å². The highest BCUT2D eigenvalue weighted by atomic mass is 32.2. The van der Waals surface area contributed by atoms with Crippen molar-refractivity contribution in [3.63, 3.8) is 0 Å². The van der Waals surface area contributed by atoms with Gasteiger partial charge < -0.3 is 9.80 Å². The highest BCUT2D eigenvalue weighted by Crippen LogP contribution is 2.43. The lowest BCUT2D eigenvalue weighted by Gasteiger charge is -2.41. The highest BCUT2D eigenvalue weighted by Gasteiger charge is 2.45. The summed E-state index contributed by atoms with van der Waals surface area (Å²) in [7, 11) is -3.47. The molecule has 1 amide bonds. The maximum atomic E-state index is 12.8. The van der Waals surface area contributed by atoms with Crippen LogP contribution in [0, 0.1) is 10.8 Å². The van der Waals surface area contributed by atoms with Crippen molar-refractivity contribution in [3.8, 4) is 0 Å². The molecule has 164 valence electrons. The van der Waals surface area contributed by atoms with Crippen LogP contribution in [0.25, 0.3) is 0 Å². The molecule has 0 bridgehead atoms. The summed E-state index contributed by atoms with van der Waals surface area (Å²) in [4.78, 5) is 20.2. The molecule has 3 heterocycles. The average molecular weight is 425 g/mol. The zero-order valence-corrected chi connectivity index (χ0v) is 19.9. The maximum Gasteiger partial charge on any atom is 0.219 e. The van der Waals surface area contributed by atoms with Crippen molar-refractivity contribution in [2.45, 2.75) is 79.1 Å². The molecule has 1 N–H and O–H groups in total. The molecule has 0 aromatic heterocycles. The third-order valence-corrected chi connectivity index (χ3v) is 7.85. The van der Waals surface area contributed by atoms with Gasteiger partial charge in [-0.15, -0.1) is 0 Å². The molecule has 0 aromatic rings. The number of sulfonamides is 1. The van der Waals surface area contributed by atoms with Crippen molar-refractivity contribution < 1.29 is 13.2 Å². The lowest BCUT2D eigenvalue weighted by atomic mass is 9.79. The first-order valence-electron chi connectivity index (χ1n) is 10.5. The second-order valence-corrected chi connectivity index (χ2v) is 12.7. The van der Waals surface area contributed by atoms with Gasteiger partial charge in [0.2, 0.25) is 15.9 Å². The Hall–Kier alpha value is -1.41. The lowest BCUT2D eigenvalue weighted by molar-refractivity contribution is -0.131. The number of carbonyl (C=O) groups is 1. The molecule has 0 spiro atoms. The number of amidine groups is 1. The second-order valence-electron chi connectivity index (χ2n) is 10.7. The van der Waals surface area contributed by atoms with Crippen molar-refractivity contribution in [3.05, 3.63) is 11.3 Å². The van der Waals surface area contributed by atoms with Crippen LogP contribution in [0.3, 0.4) is 0 Å². The molecule has 0 aromatic carbocycles. The number of carbonyl (C=O) groups excluding carboxylic acids is 1. The van der Waals surface area contributed by atoms with E-state index >= 15 is 0 Å². The smallest absolute Gasteiger partial charge is 0.219 e. The molecular formula is C21H36N4O3S. The summed E-state index contributed by atoms with van der Waals surface area (Å²) in [6.07, 6.45) is 0.675. The van der Waals surface area contributed by atoms with E-state index < -0.39 is 15.3 Å². The van der Waals surface area contributed by atoms with E-state index in [1.807, 2.05) is 0 Å². The Balaban J connectivity index is 1.84. The Bertz CT molecular complexity index is 855. The topological polar surface area (TPSA) is 82.1 Å². The van der Waals surface area contributed by atoms with Crippen LogP contribution < -0.4 is 4.72 Å². The molecule has 2 atom stereocenters. The zero-order chi connectivity index (χ0) is 21.9. The molecule has 3 aliphatic heterocycles. The van der Waals surface area contributed by atoms with Gasteiger partial charge in [0.05, 0.1) is 6.04 Å².